The van der Waals surface area contributed by atoms with Crippen LogP contribution >= 0.6 is 0 Å². The minimum atomic E-state index is -0.208. The molecule has 0 bridgehead atoms. The number of aromatic nitrogens is 1. The molecule has 1 N–H and O–H groups in total. The summed E-state index contributed by atoms with van der Waals surface area (Å²) in [5.41, 5.74) is 1.48. The number of aliphatic hydroxyl groups excluding tert-OH is 1. The third kappa shape index (κ3) is 2.43. The summed E-state index contributed by atoms with van der Waals surface area (Å²) >= 11 is 0. The van der Waals surface area contributed by atoms with Crippen LogP contribution in [0, 0.1) is 11.3 Å². The smallest absolute Gasteiger partial charge is 0.0613 e. The van der Waals surface area contributed by atoms with Crippen molar-refractivity contribution in [2.45, 2.75) is 45.6 Å². The van der Waals surface area contributed by atoms with E-state index in [-0.39, 0.29) is 6.10 Å². The van der Waals surface area contributed by atoms with Gasteiger partial charge in [-0.05, 0) is 48.3 Å². The molecule has 2 atom stereocenters. The molecule has 1 aliphatic rings. The monoisotopic (exact) mass is 219 g/mol. The van der Waals surface area contributed by atoms with Crippen molar-refractivity contribution in [2.24, 2.45) is 11.3 Å². The second-order valence-corrected chi connectivity index (χ2v) is 5.61. The molecule has 1 fully saturated rings. The van der Waals surface area contributed by atoms with Gasteiger partial charge in [-0.2, -0.15) is 0 Å². The van der Waals surface area contributed by atoms with E-state index in [1.54, 1.807) is 12.4 Å². The Balaban J connectivity index is 2.01. The second kappa shape index (κ2) is 4.54. The van der Waals surface area contributed by atoms with Crippen LogP contribution in [0.1, 0.15) is 38.7 Å². The molecule has 2 heteroatoms. The maximum Gasteiger partial charge on any atom is 0.0613 e. The van der Waals surface area contributed by atoms with Crippen molar-refractivity contribution in [2.75, 3.05) is 0 Å². The number of pyridine rings is 1. The number of aliphatic hydroxyl groups is 1. The first-order valence-electron chi connectivity index (χ1n) is 6.16. The third-order valence-corrected chi connectivity index (χ3v) is 4.00. The minimum Gasteiger partial charge on any atom is -0.392 e. The normalized spacial score (nSPS) is 25.6. The highest BCUT2D eigenvalue weighted by atomic mass is 16.3. The van der Waals surface area contributed by atoms with Crippen molar-refractivity contribution < 1.29 is 5.11 Å². The molecule has 1 aliphatic carbocycles. The molecule has 0 radical (unpaired) electrons. The number of hydrogen-bond acceptors (Lipinski definition) is 2. The van der Waals surface area contributed by atoms with Gasteiger partial charge in [-0.25, -0.2) is 0 Å². The Morgan fingerprint density at radius 1 is 1.44 bits per heavy atom. The van der Waals surface area contributed by atoms with Crippen LogP contribution < -0.4 is 0 Å². The number of rotatable bonds is 3. The summed E-state index contributed by atoms with van der Waals surface area (Å²) in [6.45, 7) is 4.56. The van der Waals surface area contributed by atoms with Crippen LogP contribution in [0.25, 0.3) is 0 Å². The molecule has 2 nitrogen and oxygen atoms in total. The van der Waals surface area contributed by atoms with Crippen LogP contribution in [0.2, 0.25) is 0 Å². The van der Waals surface area contributed by atoms with Gasteiger partial charge < -0.3 is 5.11 Å². The molecule has 1 saturated carbocycles. The lowest BCUT2D eigenvalue weighted by atomic mass is 9.77. The first-order valence-corrected chi connectivity index (χ1v) is 6.16. The Kier molecular flexibility index (Phi) is 3.29. The maximum atomic E-state index is 10.3. The van der Waals surface area contributed by atoms with Crippen LogP contribution in [0.5, 0.6) is 0 Å². The van der Waals surface area contributed by atoms with Crippen LogP contribution in [0.4, 0.5) is 0 Å². The van der Waals surface area contributed by atoms with Crippen molar-refractivity contribution >= 4 is 0 Å². The fourth-order valence-electron chi connectivity index (χ4n) is 2.97. The quantitative estimate of drug-likeness (QED) is 0.848. The molecule has 0 saturated heterocycles. The molecule has 1 aromatic heterocycles. The molecule has 2 rings (SSSR count). The van der Waals surface area contributed by atoms with Crippen LogP contribution in [0.15, 0.2) is 24.5 Å². The minimum absolute atomic E-state index is 0.208. The van der Waals surface area contributed by atoms with E-state index in [1.807, 2.05) is 12.1 Å². The Labute approximate surface area is 97.7 Å². The van der Waals surface area contributed by atoms with Crippen molar-refractivity contribution in [3.05, 3.63) is 30.1 Å². The summed E-state index contributed by atoms with van der Waals surface area (Å²) in [4.78, 5) is 4.00. The van der Waals surface area contributed by atoms with E-state index in [4.69, 9.17) is 0 Å². The Morgan fingerprint density at radius 3 is 2.69 bits per heavy atom. The average molecular weight is 219 g/mol. The Morgan fingerprint density at radius 2 is 2.12 bits per heavy atom. The van der Waals surface area contributed by atoms with Gasteiger partial charge in [-0.15, -0.1) is 0 Å². The second-order valence-electron chi connectivity index (χ2n) is 5.61. The first-order chi connectivity index (χ1) is 7.59. The molecule has 0 aromatic carbocycles. The Hall–Kier alpha value is -0.890. The van der Waals surface area contributed by atoms with Gasteiger partial charge in [0.15, 0.2) is 0 Å². The maximum absolute atomic E-state index is 10.3. The molecule has 16 heavy (non-hydrogen) atoms. The first kappa shape index (κ1) is 11.6. The highest BCUT2D eigenvalue weighted by Gasteiger charge is 2.38. The van der Waals surface area contributed by atoms with E-state index < -0.39 is 0 Å². The van der Waals surface area contributed by atoms with E-state index in [9.17, 15) is 5.11 Å². The van der Waals surface area contributed by atoms with Gasteiger partial charge in [0.1, 0.15) is 0 Å². The van der Waals surface area contributed by atoms with E-state index in [1.165, 1.54) is 24.8 Å². The number of hydrogen-bond donors (Lipinski definition) is 1. The molecule has 0 amide bonds. The van der Waals surface area contributed by atoms with Crippen molar-refractivity contribution in [1.82, 2.24) is 4.98 Å². The zero-order valence-corrected chi connectivity index (χ0v) is 10.2. The van der Waals surface area contributed by atoms with Crippen LogP contribution in [0.3, 0.4) is 0 Å². The molecule has 2 unspecified atom stereocenters. The van der Waals surface area contributed by atoms with Gasteiger partial charge in [-0.1, -0.05) is 20.3 Å². The Bertz CT molecular complexity index is 334. The van der Waals surface area contributed by atoms with Crippen molar-refractivity contribution in [3.8, 4) is 0 Å². The standard InChI is InChI=1S/C14H21NO/c1-14(2)7-3-4-12(14)13(16)10-11-5-8-15-9-6-11/h5-6,8-9,12-13,16H,3-4,7,10H2,1-2H3. The molecule has 1 heterocycles. The lowest BCUT2D eigenvalue weighted by Gasteiger charge is -2.31. The van der Waals surface area contributed by atoms with Gasteiger partial charge in [-0.3, -0.25) is 4.98 Å². The van der Waals surface area contributed by atoms with Gasteiger partial charge in [0.25, 0.3) is 0 Å². The predicted octanol–water partition coefficient (Wildman–Crippen LogP) is 2.81. The van der Waals surface area contributed by atoms with Gasteiger partial charge in [0.05, 0.1) is 6.10 Å². The fourth-order valence-corrected chi connectivity index (χ4v) is 2.97. The van der Waals surface area contributed by atoms with E-state index in [0.717, 1.165) is 6.42 Å². The molecule has 1 aromatic rings. The zero-order chi connectivity index (χ0) is 11.6. The summed E-state index contributed by atoms with van der Waals surface area (Å²) in [5, 5.41) is 10.3. The summed E-state index contributed by atoms with van der Waals surface area (Å²) in [7, 11) is 0. The van der Waals surface area contributed by atoms with E-state index in [0.29, 0.717) is 11.3 Å². The summed E-state index contributed by atoms with van der Waals surface area (Å²) < 4.78 is 0. The molecule has 0 aliphatic heterocycles. The SMILES string of the molecule is CC1(C)CCCC1C(O)Cc1ccncc1. The summed E-state index contributed by atoms with van der Waals surface area (Å²) in [6.07, 6.45) is 7.80. The highest BCUT2D eigenvalue weighted by molar-refractivity contribution is 5.11. The number of nitrogens with zero attached hydrogens (tertiary/aromatic N) is 1. The topological polar surface area (TPSA) is 33.1 Å². The fraction of sp³-hybridized carbons (Fsp3) is 0.643. The van der Waals surface area contributed by atoms with E-state index >= 15 is 0 Å². The third-order valence-electron chi connectivity index (χ3n) is 4.00. The summed E-state index contributed by atoms with van der Waals surface area (Å²) in [6, 6.07) is 3.98. The van der Waals surface area contributed by atoms with Gasteiger partial charge >= 0.3 is 0 Å². The van der Waals surface area contributed by atoms with Gasteiger partial charge in [0, 0.05) is 12.4 Å². The van der Waals surface area contributed by atoms with Crippen molar-refractivity contribution in [3.63, 3.8) is 0 Å². The molecular formula is C14H21NO. The van der Waals surface area contributed by atoms with Crippen LogP contribution in [-0.2, 0) is 6.42 Å². The van der Waals surface area contributed by atoms with Crippen molar-refractivity contribution in [1.29, 1.82) is 0 Å². The van der Waals surface area contributed by atoms with E-state index in [2.05, 4.69) is 18.8 Å². The summed E-state index contributed by atoms with van der Waals surface area (Å²) in [5.74, 6) is 0.445. The predicted molar refractivity (Wildman–Crippen MR) is 65.1 cm³/mol. The van der Waals surface area contributed by atoms with Gasteiger partial charge in [0.2, 0.25) is 0 Å². The largest absolute Gasteiger partial charge is 0.392 e. The lowest BCUT2D eigenvalue weighted by molar-refractivity contribution is 0.0543. The molecular weight excluding hydrogens is 198 g/mol. The molecule has 88 valence electrons. The zero-order valence-electron chi connectivity index (χ0n) is 10.2. The molecule has 0 spiro atoms. The average Bonchev–Trinajstić information content (AvgIpc) is 2.59. The van der Waals surface area contributed by atoms with Crippen LogP contribution in [-0.4, -0.2) is 16.2 Å². The highest BCUT2D eigenvalue weighted by Crippen LogP contribution is 2.44. The lowest BCUT2D eigenvalue weighted by Crippen LogP contribution is -2.31.